The lowest BCUT2D eigenvalue weighted by Crippen LogP contribution is -2.24. The zero-order valence-corrected chi connectivity index (χ0v) is 12.8. The maximum atomic E-state index is 9.76. The Morgan fingerprint density at radius 2 is 2.00 bits per heavy atom. The molecule has 0 bridgehead atoms. The molecule has 1 aromatic carbocycles. The molecule has 0 radical (unpaired) electrons. The van der Waals surface area contributed by atoms with Crippen LogP contribution in [0.5, 0.6) is 5.75 Å². The molecule has 2 N–H and O–H groups in total. The molecule has 5 heteroatoms. The van der Waals surface area contributed by atoms with Crippen LogP contribution in [-0.2, 0) is 4.74 Å². The summed E-state index contributed by atoms with van der Waals surface area (Å²) in [6, 6.07) is 5.04. The van der Waals surface area contributed by atoms with Crippen molar-refractivity contribution in [1.29, 1.82) is 0 Å². The Kier molecular flexibility index (Phi) is 7.92. The van der Waals surface area contributed by atoms with Crippen molar-refractivity contribution in [3.63, 3.8) is 0 Å². The van der Waals surface area contributed by atoms with Crippen molar-refractivity contribution in [1.82, 2.24) is 0 Å². The maximum Gasteiger partial charge on any atom is 0.125 e. The second-order valence-corrected chi connectivity index (χ2v) is 5.19. The van der Waals surface area contributed by atoms with Gasteiger partial charge in [-0.2, -0.15) is 0 Å². The average Bonchev–Trinajstić information content (AvgIpc) is 2.42. The molecule has 0 aromatic heterocycles. The number of unbranched alkanes of at least 4 members (excludes halogenated alkanes) is 1. The number of ether oxygens (including phenoxy) is 2. The van der Waals surface area contributed by atoms with Crippen molar-refractivity contribution in [3.05, 3.63) is 28.8 Å². The minimum Gasteiger partial charge on any atom is -0.490 e. The van der Waals surface area contributed by atoms with E-state index in [9.17, 15) is 10.2 Å². The monoisotopic (exact) mass is 302 g/mol. The first-order valence-corrected chi connectivity index (χ1v) is 7.28. The third-order valence-corrected chi connectivity index (χ3v) is 3.04. The largest absolute Gasteiger partial charge is 0.490 e. The molecule has 1 unspecified atom stereocenters. The van der Waals surface area contributed by atoms with Crippen molar-refractivity contribution in [3.8, 4) is 5.75 Å². The molecule has 4 nitrogen and oxygen atoms in total. The Hall–Kier alpha value is -0.810. The van der Waals surface area contributed by atoms with Gasteiger partial charge in [0.25, 0.3) is 0 Å². The van der Waals surface area contributed by atoms with Gasteiger partial charge in [0, 0.05) is 17.2 Å². The molecule has 0 amide bonds. The van der Waals surface area contributed by atoms with Crippen LogP contribution in [0.1, 0.15) is 38.4 Å². The quantitative estimate of drug-likeness (QED) is 0.689. The van der Waals surface area contributed by atoms with Crippen LogP contribution < -0.4 is 4.74 Å². The summed E-state index contributed by atoms with van der Waals surface area (Å²) < 4.78 is 10.8. The van der Waals surface area contributed by atoms with Crippen LogP contribution >= 0.6 is 11.6 Å². The second kappa shape index (κ2) is 9.19. The van der Waals surface area contributed by atoms with Crippen LogP contribution in [0.2, 0.25) is 5.02 Å². The molecule has 20 heavy (non-hydrogen) atoms. The van der Waals surface area contributed by atoms with E-state index in [1.54, 1.807) is 25.1 Å². The highest BCUT2D eigenvalue weighted by molar-refractivity contribution is 6.30. The van der Waals surface area contributed by atoms with Gasteiger partial charge in [0.15, 0.2) is 0 Å². The van der Waals surface area contributed by atoms with Crippen LogP contribution in [0, 0.1) is 0 Å². The van der Waals surface area contributed by atoms with Gasteiger partial charge in [0.05, 0.1) is 12.7 Å². The van der Waals surface area contributed by atoms with Crippen LogP contribution in [0.15, 0.2) is 18.2 Å². The first kappa shape index (κ1) is 17.2. The highest BCUT2D eigenvalue weighted by atomic mass is 35.5. The summed E-state index contributed by atoms with van der Waals surface area (Å²) in [6.45, 7) is 4.74. The molecule has 0 aliphatic heterocycles. The molecule has 0 saturated carbocycles. The van der Waals surface area contributed by atoms with E-state index < -0.39 is 12.2 Å². The average molecular weight is 303 g/mol. The lowest BCUT2D eigenvalue weighted by molar-refractivity contribution is 0.0107. The van der Waals surface area contributed by atoms with Gasteiger partial charge < -0.3 is 19.7 Å². The second-order valence-electron chi connectivity index (χ2n) is 4.75. The zero-order valence-electron chi connectivity index (χ0n) is 12.0. The fourth-order valence-corrected chi connectivity index (χ4v) is 1.86. The molecule has 1 aromatic rings. The summed E-state index contributed by atoms with van der Waals surface area (Å²) in [4.78, 5) is 0. The molecule has 2 atom stereocenters. The molecule has 0 aliphatic rings. The number of benzene rings is 1. The van der Waals surface area contributed by atoms with Crippen LogP contribution in [0.3, 0.4) is 0 Å². The number of aliphatic hydroxyl groups excluding tert-OH is 2. The normalized spacial score (nSPS) is 14.1. The molecule has 1 rings (SSSR count). The van der Waals surface area contributed by atoms with Gasteiger partial charge in [-0.15, -0.1) is 0 Å². The van der Waals surface area contributed by atoms with E-state index in [4.69, 9.17) is 21.1 Å². The lowest BCUT2D eigenvalue weighted by atomic mass is 10.1. The van der Waals surface area contributed by atoms with Gasteiger partial charge in [-0.1, -0.05) is 24.9 Å². The molecule has 0 aliphatic carbocycles. The van der Waals surface area contributed by atoms with E-state index in [0.717, 1.165) is 12.8 Å². The van der Waals surface area contributed by atoms with Crippen molar-refractivity contribution in [2.75, 3.05) is 19.8 Å². The van der Waals surface area contributed by atoms with Crippen molar-refractivity contribution < 1.29 is 19.7 Å². The predicted molar refractivity (Wildman–Crippen MR) is 79.3 cm³/mol. The predicted octanol–water partition coefficient (Wildman–Crippen LogP) is 2.95. The Labute approximate surface area is 125 Å². The third kappa shape index (κ3) is 6.09. The standard InChI is InChI=1S/C15H23ClO4/c1-3-4-7-19-9-13(18)10-20-15-6-5-12(16)8-14(15)11(2)17/h5-6,8,11,13,17-18H,3-4,7,9-10H2,1-2H3/t11-,13?/m0/s1. The molecular formula is C15H23ClO4. The Balaban J connectivity index is 2.44. The Morgan fingerprint density at radius 3 is 2.65 bits per heavy atom. The van der Waals surface area contributed by atoms with E-state index in [2.05, 4.69) is 6.92 Å². The third-order valence-electron chi connectivity index (χ3n) is 2.81. The number of rotatable bonds is 9. The first-order chi connectivity index (χ1) is 9.54. The topological polar surface area (TPSA) is 58.9 Å². The molecular weight excluding hydrogens is 280 g/mol. The van der Waals surface area contributed by atoms with Gasteiger partial charge in [-0.3, -0.25) is 0 Å². The fraction of sp³-hybridized carbons (Fsp3) is 0.600. The van der Waals surface area contributed by atoms with Crippen molar-refractivity contribution in [2.45, 2.75) is 38.9 Å². The molecule has 0 heterocycles. The molecule has 0 fully saturated rings. The molecule has 0 saturated heterocycles. The van der Waals surface area contributed by atoms with Gasteiger partial charge in [0.1, 0.15) is 18.5 Å². The van der Waals surface area contributed by atoms with E-state index in [1.165, 1.54) is 0 Å². The van der Waals surface area contributed by atoms with Gasteiger partial charge >= 0.3 is 0 Å². The Morgan fingerprint density at radius 1 is 1.25 bits per heavy atom. The van der Waals surface area contributed by atoms with Crippen molar-refractivity contribution in [2.24, 2.45) is 0 Å². The smallest absolute Gasteiger partial charge is 0.125 e. The summed E-state index contributed by atoms with van der Waals surface area (Å²) in [5.74, 6) is 0.525. The lowest BCUT2D eigenvalue weighted by Gasteiger charge is -2.16. The van der Waals surface area contributed by atoms with Gasteiger partial charge in [-0.25, -0.2) is 0 Å². The Bertz CT molecular complexity index is 395. The van der Waals surface area contributed by atoms with E-state index >= 15 is 0 Å². The van der Waals surface area contributed by atoms with Crippen molar-refractivity contribution >= 4 is 11.6 Å². The maximum absolute atomic E-state index is 9.76. The number of hydrogen-bond acceptors (Lipinski definition) is 4. The van der Waals surface area contributed by atoms with Crippen LogP contribution in [0.25, 0.3) is 0 Å². The summed E-state index contributed by atoms with van der Waals surface area (Å²) in [5, 5.41) is 20.0. The summed E-state index contributed by atoms with van der Waals surface area (Å²) in [5.41, 5.74) is 0.608. The van der Waals surface area contributed by atoms with Crippen LogP contribution in [-0.4, -0.2) is 36.1 Å². The highest BCUT2D eigenvalue weighted by Gasteiger charge is 2.12. The number of aliphatic hydroxyl groups is 2. The van der Waals surface area contributed by atoms with E-state index in [1.807, 2.05) is 0 Å². The SMILES string of the molecule is CCCCOCC(O)COc1ccc(Cl)cc1[C@H](C)O. The minimum absolute atomic E-state index is 0.119. The molecule has 0 spiro atoms. The van der Waals surface area contributed by atoms with E-state index in [-0.39, 0.29) is 13.2 Å². The van der Waals surface area contributed by atoms with Gasteiger partial charge in [-0.05, 0) is 31.5 Å². The van der Waals surface area contributed by atoms with Gasteiger partial charge in [0.2, 0.25) is 0 Å². The fourth-order valence-electron chi connectivity index (χ4n) is 1.68. The highest BCUT2D eigenvalue weighted by Crippen LogP contribution is 2.28. The van der Waals surface area contributed by atoms with Crippen LogP contribution in [0.4, 0.5) is 0 Å². The minimum atomic E-state index is -0.690. The zero-order chi connectivity index (χ0) is 15.0. The number of hydrogen-bond donors (Lipinski definition) is 2. The first-order valence-electron chi connectivity index (χ1n) is 6.90. The summed E-state index contributed by atoms with van der Waals surface area (Å²) in [7, 11) is 0. The number of halogens is 1. The molecule has 114 valence electrons. The summed E-state index contributed by atoms with van der Waals surface area (Å²) in [6.07, 6.45) is 0.678. The van der Waals surface area contributed by atoms with E-state index in [0.29, 0.717) is 22.9 Å². The summed E-state index contributed by atoms with van der Waals surface area (Å²) >= 11 is 5.89.